The number of nitrogens with one attached hydrogen (secondary N) is 1. The molecule has 27 heavy (non-hydrogen) atoms. The predicted octanol–water partition coefficient (Wildman–Crippen LogP) is 2.94. The summed E-state index contributed by atoms with van der Waals surface area (Å²) in [7, 11) is 0. The number of carbonyl (C=O) groups is 4. The molecule has 1 atom stereocenters. The van der Waals surface area contributed by atoms with Crippen molar-refractivity contribution >= 4 is 23.4 Å². The Kier molecular flexibility index (Phi) is 10.7. The number of hydrogen-bond donors (Lipinski definition) is 2. The van der Waals surface area contributed by atoms with Crippen molar-refractivity contribution in [3.63, 3.8) is 0 Å². The molecule has 148 valence electrons. The number of carbonyl (C=O) groups excluding carboxylic acids is 4. The summed E-state index contributed by atoms with van der Waals surface area (Å²) in [6.45, 7) is 1.84. The van der Waals surface area contributed by atoms with E-state index in [-0.39, 0.29) is 30.3 Å². The van der Waals surface area contributed by atoms with Crippen molar-refractivity contribution in [1.82, 2.24) is 5.32 Å². The smallest absolute Gasteiger partial charge is 0.239 e. The second-order valence-corrected chi connectivity index (χ2v) is 6.66. The molecule has 0 fully saturated rings. The van der Waals surface area contributed by atoms with Gasteiger partial charge >= 0.3 is 0 Å². The minimum absolute atomic E-state index is 0.00326. The first kappa shape index (κ1) is 22.5. The van der Waals surface area contributed by atoms with E-state index in [0.717, 1.165) is 19.3 Å². The molecular weight excluding hydrogens is 344 g/mol. The number of ketones is 2. The van der Waals surface area contributed by atoms with Crippen LogP contribution < -0.4 is 11.1 Å². The SMILES string of the molecule is CCC(=O)CCCCCC(NC(=O)CCCC(=O)c1ccccc1)C(N)=O. The molecule has 0 saturated heterocycles. The Labute approximate surface area is 160 Å². The van der Waals surface area contributed by atoms with Crippen LogP contribution in [-0.2, 0) is 14.4 Å². The van der Waals surface area contributed by atoms with Gasteiger partial charge in [-0.2, -0.15) is 0 Å². The van der Waals surface area contributed by atoms with Crippen LogP contribution in [0.5, 0.6) is 0 Å². The molecule has 3 N–H and O–H groups in total. The van der Waals surface area contributed by atoms with Gasteiger partial charge in [0.1, 0.15) is 11.8 Å². The van der Waals surface area contributed by atoms with Gasteiger partial charge in [0.15, 0.2) is 5.78 Å². The summed E-state index contributed by atoms with van der Waals surface area (Å²) in [5.41, 5.74) is 5.99. The van der Waals surface area contributed by atoms with Gasteiger partial charge < -0.3 is 11.1 Å². The van der Waals surface area contributed by atoms with Gasteiger partial charge in [0.25, 0.3) is 0 Å². The first-order valence-corrected chi connectivity index (χ1v) is 9.62. The van der Waals surface area contributed by atoms with Crippen LogP contribution in [0.1, 0.15) is 75.1 Å². The number of benzene rings is 1. The van der Waals surface area contributed by atoms with E-state index in [1.54, 1.807) is 24.3 Å². The lowest BCUT2D eigenvalue weighted by Crippen LogP contribution is -2.44. The predicted molar refractivity (Wildman–Crippen MR) is 104 cm³/mol. The molecule has 2 amide bonds. The molecule has 0 aliphatic heterocycles. The quantitative estimate of drug-likeness (QED) is 0.386. The van der Waals surface area contributed by atoms with Crippen molar-refractivity contribution in [2.75, 3.05) is 0 Å². The minimum Gasteiger partial charge on any atom is -0.368 e. The monoisotopic (exact) mass is 374 g/mol. The number of hydrogen-bond acceptors (Lipinski definition) is 4. The Morgan fingerprint density at radius 1 is 0.926 bits per heavy atom. The van der Waals surface area contributed by atoms with Crippen LogP contribution in [0.4, 0.5) is 0 Å². The van der Waals surface area contributed by atoms with E-state index in [4.69, 9.17) is 5.73 Å². The lowest BCUT2D eigenvalue weighted by atomic mass is 10.0. The van der Waals surface area contributed by atoms with Crippen LogP contribution in [0.25, 0.3) is 0 Å². The lowest BCUT2D eigenvalue weighted by molar-refractivity contribution is -0.127. The molecule has 0 saturated carbocycles. The van der Waals surface area contributed by atoms with E-state index in [2.05, 4.69) is 5.32 Å². The molecule has 0 radical (unpaired) electrons. The summed E-state index contributed by atoms with van der Waals surface area (Å²) in [5, 5.41) is 2.65. The molecule has 1 rings (SSSR count). The highest BCUT2D eigenvalue weighted by molar-refractivity contribution is 5.96. The fourth-order valence-electron chi connectivity index (χ4n) is 2.75. The molecule has 0 spiro atoms. The summed E-state index contributed by atoms with van der Waals surface area (Å²) in [5.74, 6) is -0.606. The molecule has 6 heteroatoms. The maximum atomic E-state index is 12.0. The topological polar surface area (TPSA) is 106 Å². The number of primary amides is 1. The number of amides is 2. The van der Waals surface area contributed by atoms with E-state index in [9.17, 15) is 19.2 Å². The van der Waals surface area contributed by atoms with Crippen LogP contribution in [-0.4, -0.2) is 29.4 Å². The van der Waals surface area contributed by atoms with Gasteiger partial charge in [-0.25, -0.2) is 0 Å². The normalized spacial score (nSPS) is 11.6. The Hall–Kier alpha value is -2.50. The number of nitrogens with two attached hydrogens (primary N) is 1. The van der Waals surface area contributed by atoms with Crippen LogP contribution in [0, 0.1) is 0 Å². The molecule has 0 aromatic heterocycles. The average molecular weight is 374 g/mol. The molecule has 1 aromatic rings. The number of Topliss-reactive ketones (excluding diaryl/α,β-unsaturated/α-hetero) is 2. The molecule has 1 unspecified atom stereocenters. The molecule has 6 nitrogen and oxygen atoms in total. The Bertz CT molecular complexity index is 628. The van der Waals surface area contributed by atoms with E-state index in [1.165, 1.54) is 0 Å². The van der Waals surface area contributed by atoms with Gasteiger partial charge in [0.2, 0.25) is 11.8 Å². The first-order valence-electron chi connectivity index (χ1n) is 9.62. The van der Waals surface area contributed by atoms with E-state index in [1.807, 2.05) is 13.0 Å². The van der Waals surface area contributed by atoms with Gasteiger partial charge in [-0.3, -0.25) is 19.2 Å². The van der Waals surface area contributed by atoms with Crippen LogP contribution >= 0.6 is 0 Å². The molecule has 0 aliphatic rings. The van der Waals surface area contributed by atoms with Crippen LogP contribution in [0.2, 0.25) is 0 Å². The van der Waals surface area contributed by atoms with E-state index < -0.39 is 11.9 Å². The Balaban J connectivity index is 2.27. The van der Waals surface area contributed by atoms with Crippen molar-refractivity contribution < 1.29 is 19.2 Å². The summed E-state index contributed by atoms with van der Waals surface area (Å²) in [6, 6.07) is 8.24. The number of unbranched alkanes of at least 4 members (excludes halogenated alkanes) is 2. The maximum Gasteiger partial charge on any atom is 0.239 e. The minimum atomic E-state index is -0.704. The number of rotatable bonds is 14. The average Bonchev–Trinajstić information content (AvgIpc) is 2.66. The highest BCUT2D eigenvalue weighted by Crippen LogP contribution is 2.09. The molecule has 1 aromatic carbocycles. The van der Waals surface area contributed by atoms with E-state index in [0.29, 0.717) is 31.2 Å². The van der Waals surface area contributed by atoms with Crippen molar-refractivity contribution in [2.24, 2.45) is 5.73 Å². The fourth-order valence-corrected chi connectivity index (χ4v) is 2.75. The van der Waals surface area contributed by atoms with Crippen LogP contribution in [0.3, 0.4) is 0 Å². The Morgan fingerprint density at radius 2 is 1.63 bits per heavy atom. The van der Waals surface area contributed by atoms with Gasteiger partial charge in [-0.05, 0) is 19.3 Å². The van der Waals surface area contributed by atoms with Crippen molar-refractivity contribution in [1.29, 1.82) is 0 Å². The molecule has 0 aliphatic carbocycles. The summed E-state index contributed by atoms with van der Waals surface area (Å²) in [4.78, 5) is 46.8. The zero-order valence-electron chi connectivity index (χ0n) is 16.0. The van der Waals surface area contributed by atoms with E-state index >= 15 is 0 Å². The zero-order chi connectivity index (χ0) is 20.1. The lowest BCUT2D eigenvalue weighted by Gasteiger charge is -2.15. The third kappa shape index (κ3) is 9.68. The largest absolute Gasteiger partial charge is 0.368 e. The highest BCUT2D eigenvalue weighted by atomic mass is 16.2. The van der Waals surface area contributed by atoms with Gasteiger partial charge in [0, 0.05) is 31.2 Å². The first-order chi connectivity index (χ1) is 12.9. The van der Waals surface area contributed by atoms with Crippen LogP contribution in [0.15, 0.2) is 30.3 Å². The summed E-state index contributed by atoms with van der Waals surface area (Å²) in [6.07, 6.45) is 4.76. The van der Waals surface area contributed by atoms with Crippen molar-refractivity contribution in [3.05, 3.63) is 35.9 Å². The standard InChI is InChI=1S/C21H30N2O4/c1-2-17(24)12-7-4-8-13-18(21(22)27)23-20(26)15-9-14-19(25)16-10-5-3-6-11-16/h3,5-6,10-11,18H,2,4,7-9,12-15H2,1H3,(H2,22,27)(H,23,26). The fraction of sp³-hybridized carbons (Fsp3) is 0.524. The third-order valence-corrected chi connectivity index (χ3v) is 4.42. The maximum absolute atomic E-state index is 12.0. The zero-order valence-corrected chi connectivity index (χ0v) is 16.0. The molecule has 0 heterocycles. The van der Waals surface area contributed by atoms with Crippen molar-refractivity contribution in [2.45, 2.75) is 70.8 Å². The van der Waals surface area contributed by atoms with Gasteiger partial charge in [-0.1, -0.05) is 50.1 Å². The highest BCUT2D eigenvalue weighted by Gasteiger charge is 2.17. The third-order valence-electron chi connectivity index (χ3n) is 4.42. The summed E-state index contributed by atoms with van der Waals surface area (Å²) < 4.78 is 0. The molecular formula is C21H30N2O4. The van der Waals surface area contributed by atoms with Gasteiger partial charge in [0.05, 0.1) is 0 Å². The second kappa shape index (κ2) is 12.8. The Morgan fingerprint density at radius 3 is 2.26 bits per heavy atom. The van der Waals surface area contributed by atoms with Crippen molar-refractivity contribution in [3.8, 4) is 0 Å². The molecule has 0 bridgehead atoms. The second-order valence-electron chi connectivity index (χ2n) is 6.66. The van der Waals surface area contributed by atoms with Gasteiger partial charge in [-0.15, -0.1) is 0 Å². The summed E-state index contributed by atoms with van der Waals surface area (Å²) >= 11 is 0.